The lowest BCUT2D eigenvalue weighted by molar-refractivity contribution is -0.136. The van der Waals surface area contributed by atoms with Gasteiger partial charge in [-0.3, -0.25) is 9.59 Å². The highest BCUT2D eigenvalue weighted by molar-refractivity contribution is 6.02. The SMILES string of the molecule is CC(C)(C)c1ccc(NC(=O)c2coc(C3C4CCC(O4)C3C/C=C\CCC(=O)O)n2)cc1. The Morgan fingerprint density at radius 2 is 1.88 bits per heavy atom. The number of hydrogen-bond acceptors (Lipinski definition) is 5. The number of aliphatic carboxylic acids is 1. The first-order valence-corrected chi connectivity index (χ1v) is 11.6. The van der Waals surface area contributed by atoms with Crippen LogP contribution >= 0.6 is 0 Å². The molecule has 0 radical (unpaired) electrons. The standard InChI is InChI=1S/C26H32N2O5/c1-26(2,3)16-9-11-17(12-10-16)27-24(31)19-15-32-25(28-19)23-18(20-13-14-21(23)33-20)7-5-4-6-8-22(29)30/h4-5,9-12,15,18,20-21,23H,6-8,13-14H2,1-3H3,(H,27,31)(H,29,30)/b5-4-. The van der Waals surface area contributed by atoms with Crippen molar-refractivity contribution in [3.63, 3.8) is 0 Å². The highest BCUT2D eigenvalue weighted by Gasteiger charge is 2.51. The molecule has 3 heterocycles. The normalized spacial score (nSPS) is 24.5. The van der Waals surface area contributed by atoms with Gasteiger partial charge in [-0.25, -0.2) is 4.98 Å². The zero-order chi connectivity index (χ0) is 23.6. The van der Waals surface area contributed by atoms with Crippen molar-refractivity contribution in [2.45, 2.75) is 76.4 Å². The number of carboxylic acids is 1. The van der Waals surface area contributed by atoms with Crippen LogP contribution in [-0.4, -0.2) is 34.2 Å². The molecule has 0 aliphatic carbocycles. The average Bonchev–Trinajstić information content (AvgIpc) is 3.49. The minimum atomic E-state index is -0.795. The lowest BCUT2D eigenvalue weighted by Crippen LogP contribution is -2.25. The zero-order valence-corrected chi connectivity index (χ0v) is 19.4. The second kappa shape index (κ2) is 9.51. The molecule has 1 aromatic carbocycles. The molecule has 2 bridgehead atoms. The number of carbonyl (C=O) groups is 2. The number of nitrogens with zero attached hydrogens (tertiary/aromatic N) is 1. The first kappa shape index (κ1) is 23.2. The molecule has 33 heavy (non-hydrogen) atoms. The summed E-state index contributed by atoms with van der Waals surface area (Å²) in [6, 6.07) is 7.84. The molecule has 0 saturated carbocycles. The minimum absolute atomic E-state index is 0.000456. The molecule has 2 saturated heterocycles. The lowest BCUT2D eigenvalue weighted by atomic mass is 9.77. The first-order valence-electron chi connectivity index (χ1n) is 11.6. The third-order valence-electron chi connectivity index (χ3n) is 6.57. The second-order valence-corrected chi connectivity index (χ2v) is 9.97. The lowest BCUT2D eigenvalue weighted by Gasteiger charge is -2.24. The summed E-state index contributed by atoms with van der Waals surface area (Å²) in [5, 5.41) is 11.7. The van der Waals surface area contributed by atoms with E-state index >= 15 is 0 Å². The van der Waals surface area contributed by atoms with E-state index in [0.29, 0.717) is 18.0 Å². The highest BCUT2D eigenvalue weighted by atomic mass is 16.5. The summed E-state index contributed by atoms with van der Waals surface area (Å²) in [4.78, 5) is 27.9. The summed E-state index contributed by atoms with van der Waals surface area (Å²) in [5.41, 5.74) is 2.21. The number of benzene rings is 1. The molecule has 7 heteroatoms. The largest absolute Gasteiger partial charge is 0.481 e. The Bertz CT molecular complexity index is 1020. The maximum absolute atomic E-state index is 12.7. The predicted octanol–water partition coefficient (Wildman–Crippen LogP) is 5.30. The molecule has 4 atom stereocenters. The first-order chi connectivity index (χ1) is 15.7. The van der Waals surface area contributed by atoms with Crippen LogP contribution in [0.1, 0.15) is 80.7 Å². The number of carbonyl (C=O) groups excluding carboxylic acids is 1. The molecule has 2 aromatic rings. The molecule has 2 fully saturated rings. The van der Waals surface area contributed by atoms with Crippen LogP contribution in [0.25, 0.3) is 0 Å². The molecule has 1 amide bonds. The van der Waals surface area contributed by atoms with Crippen molar-refractivity contribution >= 4 is 17.6 Å². The van der Waals surface area contributed by atoms with Gasteiger partial charge in [0.15, 0.2) is 5.69 Å². The number of anilines is 1. The van der Waals surface area contributed by atoms with Crippen molar-refractivity contribution in [1.29, 1.82) is 0 Å². The third kappa shape index (κ3) is 5.36. The van der Waals surface area contributed by atoms with Gasteiger partial charge in [0.05, 0.1) is 18.1 Å². The summed E-state index contributed by atoms with van der Waals surface area (Å²) < 4.78 is 11.9. The Morgan fingerprint density at radius 1 is 1.15 bits per heavy atom. The maximum Gasteiger partial charge on any atom is 0.303 e. The highest BCUT2D eigenvalue weighted by Crippen LogP contribution is 2.50. The fourth-order valence-corrected chi connectivity index (χ4v) is 4.79. The van der Waals surface area contributed by atoms with E-state index in [2.05, 4.69) is 31.1 Å². The molecule has 4 unspecified atom stereocenters. The Kier molecular flexibility index (Phi) is 6.70. The van der Waals surface area contributed by atoms with E-state index in [-0.39, 0.29) is 47.5 Å². The van der Waals surface area contributed by atoms with Gasteiger partial charge in [-0.05, 0) is 48.8 Å². The maximum atomic E-state index is 12.7. The molecular weight excluding hydrogens is 420 g/mol. The molecular formula is C26H32N2O5. The van der Waals surface area contributed by atoms with Gasteiger partial charge in [-0.15, -0.1) is 0 Å². The van der Waals surface area contributed by atoms with Crippen LogP contribution in [0.5, 0.6) is 0 Å². The van der Waals surface area contributed by atoms with Gasteiger partial charge in [0.25, 0.3) is 5.91 Å². The number of allylic oxidation sites excluding steroid dienone is 2. The van der Waals surface area contributed by atoms with E-state index in [1.165, 1.54) is 11.8 Å². The van der Waals surface area contributed by atoms with Gasteiger partial charge < -0.3 is 19.6 Å². The Hall–Kier alpha value is -2.93. The Labute approximate surface area is 194 Å². The summed E-state index contributed by atoms with van der Waals surface area (Å²) >= 11 is 0. The number of hydrogen-bond donors (Lipinski definition) is 2. The van der Waals surface area contributed by atoms with Crippen LogP contribution in [0.3, 0.4) is 0 Å². The molecule has 2 N–H and O–H groups in total. The predicted molar refractivity (Wildman–Crippen MR) is 124 cm³/mol. The van der Waals surface area contributed by atoms with Gasteiger partial charge in [0.1, 0.15) is 6.26 Å². The fourth-order valence-electron chi connectivity index (χ4n) is 4.79. The van der Waals surface area contributed by atoms with Crippen molar-refractivity contribution in [2.75, 3.05) is 5.32 Å². The molecule has 0 spiro atoms. The Morgan fingerprint density at radius 3 is 2.58 bits per heavy atom. The average molecular weight is 453 g/mol. The van der Waals surface area contributed by atoms with Gasteiger partial charge in [-0.1, -0.05) is 45.1 Å². The van der Waals surface area contributed by atoms with E-state index < -0.39 is 5.97 Å². The summed E-state index contributed by atoms with van der Waals surface area (Å²) in [6.45, 7) is 6.45. The molecule has 2 aliphatic heterocycles. The van der Waals surface area contributed by atoms with E-state index in [0.717, 1.165) is 19.3 Å². The van der Waals surface area contributed by atoms with E-state index in [9.17, 15) is 9.59 Å². The van der Waals surface area contributed by atoms with Crippen LogP contribution < -0.4 is 5.32 Å². The number of carboxylic acid groups (broad SMARTS) is 1. The third-order valence-corrected chi connectivity index (χ3v) is 6.57. The van der Waals surface area contributed by atoms with Crippen molar-refractivity contribution in [1.82, 2.24) is 4.98 Å². The van der Waals surface area contributed by atoms with Gasteiger partial charge in [-0.2, -0.15) is 0 Å². The van der Waals surface area contributed by atoms with Crippen LogP contribution in [0.4, 0.5) is 5.69 Å². The van der Waals surface area contributed by atoms with Crippen LogP contribution in [0.15, 0.2) is 47.1 Å². The number of oxazole rings is 1. The number of ether oxygens (including phenoxy) is 1. The number of nitrogens with one attached hydrogen (secondary N) is 1. The molecule has 4 rings (SSSR count). The number of aromatic nitrogens is 1. The molecule has 176 valence electrons. The fraction of sp³-hybridized carbons (Fsp3) is 0.500. The number of rotatable bonds is 8. The topological polar surface area (TPSA) is 102 Å². The molecule has 2 aliphatic rings. The van der Waals surface area contributed by atoms with E-state index in [4.69, 9.17) is 14.3 Å². The Balaban J connectivity index is 1.41. The van der Waals surface area contributed by atoms with Crippen LogP contribution in [-0.2, 0) is 14.9 Å². The zero-order valence-electron chi connectivity index (χ0n) is 19.4. The van der Waals surface area contributed by atoms with Crippen LogP contribution in [0, 0.1) is 5.92 Å². The number of amides is 1. The van der Waals surface area contributed by atoms with E-state index in [1.54, 1.807) is 0 Å². The van der Waals surface area contributed by atoms with Crippen LogP contribution in [0.2, 0.25) is 0 Å². The van der Waals surface area contributed by atoms with Crippen molar-refractivity contribution in [3.05, 3.63) is 59.8 Å². The number of fused-ring (bicyclic) bond motifs is 2. The van der Waals surface area contributed by atoms with Crippen molar-refractivity contribution in [2.24, 2.45) is 5.92 Å². The summed E-state index contributed by atoms with van der Waals surface area (Å²) in [6.07, 6.45) is 8.94. The summed E-state index contributed by atoms with van der Waals surface area (Å²) in [5.74, 6) is -0.344. The molecule has 1 aromatic heterocycles. The minimum Gasteiger partial charge on any atom is -0.481 e. The van der Waals surface area contributed by atoms with Crippen molar-refractivity contribution in [3.8, 4) is 0 Å². The molecule has 7 nitrogen and oxygen atoms in total. The van der Waals surface area contributed by atoms with Gasteiger partial charge in [0.2, 0.25) is 5.89 Å². The van der Waals surface area contributed by atoms with Gasteiger partial charge in [0, 0.05) is 18.0 Å². The second-order valence-electron chi connectivity index (χ2n) is 9.97. The van der Waals surface area contributed by atoms with E-state index in [1.807, 2.05) is 36.4 Å². The monoisotopic (exact) mass is 452 g/mol. The van der Waals surface area contributed by atoms with Gasteiger partial charge >= 0.3 is 5.97 Å². The quantitative estimate of drug-likeness (QED) is 0.527. The summed E-state index contributed by atoms with van der Waals surface area (Å²) in [7, 11) is 0. The van der Waals surface area contributed by atoms with Crippen molar-refractivity contribution < 1.29 is 23.8 Å². The smallest absolute Gasteiger partial charge is 0.303 e.